The molecule has 1 aliphatic heterocycles. The summed E-state index contributed by atoms with van der Waals surface area (Å²) < 4.78 is 5.94. The molecule has 1 heteroatoms. The van der Waals surface area contributed by atoms with Crippen molar-refractivity contribution >= 4 is 5.57 Å². The Morgan fingerprint density at radius 1 is 1.07 bits per heavy atom. The van der Waals surface area contributed by atoms with Crippen LogP contribution in [0, 0.1) is 0 Å². The van der Waals surface area contributed by atoms with Gasteiger partial charge in [-0.1, -0.05) is 18.2 Å². The molecule has 0 radical (unpaired) electrons. The highest BCUT2D eigenvalue weighted by Crippen LogP contribution is 2.39. The molecule has 2 rings (SSSR count). The van der Waals surface area contributed by atoms with Crippen LogP contribution in [-0.2, 0) is 0 Å². The first-order chi connectivity index (χ1) is 6.52. The summed E-state index contributed by atoms with van der Waals surface area (Å²) in [4.78, 5) is 0. The monoisotopic (exact) mass is 188 g/mol. The third kappa shape index (κ3) is 1.24. The van der Waals surface area contributed by atoms with Crippen LogP contribution in [0.5, 0.6) is 5.75 Å². The molecule has 0 saturated carbocycles. The molecular weight excluding hydrogens is 172 g/mol. The van der Waals surface area contributed by atoms with E-state index in [1.807, 2.05) is 12.1 Å². The zero-order chi connectivity index (χ0) is 10.3. The second kappa shape index (κ2) is 2.88. The molecule has 0 amide bonds. The summed E-state index contributed by atoms with van der Waals surface area (Å²) in [6.07, 6.45) is 0. The average molecular weight is 188 g/mol. The van der Waals surface area contributed by atoms with Gasteiger partial charge in [-0.15, -0.1) is 0 Å². The van der Waals surface area contributed by atoms with Crippen LogP contribution in [0.3, 0.4) is 0 Å². The Bertz CT molecular complexity index is 399. The van der Waals surface area contributed by atoms with Crippen molar-refractivity contribution in [2.75, 3.05) is 0 Å². The number of rotatable bonds is 0. The van der Waals surface area contributed by atoms with Crippen molar-refractivity contribution in [3.8, 4) is 5.75 Å². The van der Waals surface area contributed by atoms with Crippen molar-refractivity contribution in [1.29, 1.82) is 0 Å². The Hall–Kier alpha value is -1.24. The van der Waals surface area contributed by atoms with E-state index >= 15 is 0 Å². The number of allylic oxidation sites excluding steroid dienone is 1. The van der Waals surface area contributed by atoms with Crippen molar-refractivity contribution < 1.29 is 4.74 Å². The summed E-state index contributed by atoms with van der Waals surface area (Å²) in [5.74, 6) is 1.00. The Labute approximate surface area is 85.4 Å². The second-order valence-electron chi connectivity index (χ2n) is 4.36. The summed E-state index contributed by atoms with van der Waals surface area (Å²) >= 11 is 0. The molecule has 1 nitrogen and oxygen atoms in total. The van der Waals surface area contributed by atoms with Gasteiger partial charge in [0.05, 0.1) is 0 Å². The molecule has 0 spiro atoms. The van der Waals surface area contributed by atoms with E-state index in [1.54, 1.807) is 0 Å². The lowest BCUT2D eigenvalue weighted by Gasteiger charge is -2.34. The van der Waals surface area contributed by atoms with E-state index < -0.39 is 0 Å². The first-order valence-electron chi connectivity index (χ1n) is 4.99. The van der Waals surface area contributed by atoms with Crippen molar-refractivity contribution in [1.82, 2.24) is 0 Å². The molecule has 0 unspecified atom stereocenters. The highest BCUT2D eigenvalue weighted by molar-refractivity contribution is 5.74. The van der Waals surface area contributed by atoms with Gasteiger partial charge in [0.15, 0.2) is 0 Å². The van der Waals surface area contributed by atoms with Crippen molar-refractivity contribution in [2.45, 2.75) is 33.3 Å². The predicted molar refractivity (Wildman–Crippen MR) is 59.4 cm³/mol. The van der Waals surface area contributed by atoms with Crippen LogP contribution < -0.4 is 4.74 Å². The number of hydrogen-bond acceptors (Lipinski definition) is 1. The lowest BCUT2D eigenvalue weighted by atomic mass is 9.88. The Balaban J connectivity index is 2.64. The summed E-state index contributed by atoms with van der Waals surface area (Å²) in [5, 5.41) is 0. The van der Waals surface area contributed by atoms with E-state index in [0.29, 0.717) is 0 Å². The Kier molecular flexibility index (Phi) is 1.91. The van der Waals surface area contributed by atoms with E-state index in [4.69, 9.17) is 4.74 Å². The van der Waals surface area contributed by atoms with E-state index in [1.165, 1.54) is 16.7 Å². The molecule has 1 aromatic rings. The van der Waals surface area contributed by atoms with Crippen LogP contribution in [0.4, 0.5) is 0 Å². The van der Waals surface area contributed by atoms with Crippen LogP contribution in [0.1, 0.15) is 33.3 Å². The van der Waals surface area contributed by atoms with Gasteiger partial charge < -0.3 is 4.74 Å². The number of ether oxygens (including phenoxy) is 1. The smallest absolute Gasteiger partial charge is 0.128 e. The van der Waals surface area contributed by atoms with Crippen molar-refractivity contribution in [3.63, 3.8) is 0 Å². The lowest BCUT2D eigenvalue weighted by Crippen LogP contribution is -2.33. The zero-order valence-corrected chi connectivity index (χ0v) is 9.22. The maximum atomic E-state index is 5.94. The van der Waals surface area contributed by atoms with Crippen LogP contribution >= 0.6 is 0 Å². The van der Waals surface area contributed by atoms with Crippen LogP contribution in [0.2, 0.25) is 0 Å². The molecule has 1 aromatic carbocycles. The summed E-state index contributed by atoms with van der Waals surface area (Å²) in [6, 6.07) is 8.22. The Morgan fingerprint density at radius 2 is 1.71 bits per heavy atom. The molecule has 14 heavy (non-hydrogen) atoms. The van der Waals surface area contributed by atoms with Gasteiger partial charge >= 0.3 is 0 Å². The molecule has 1 heterocycles. The quantitative estimate of drug-likeness (QED) is 0.604. The predicted octanol–water partition coefficient (Wildman–Crippen LogP) is 3.65. The molecule has 0 fully saturated rings. The van der Waals surface area contributed by atoms with Crippen LogP contribution in [-0.4, -0.2) is 5.60 Å². The minimum absolute atomic E-state index is 0.168. The molecule has 0 bridgehead atoms. The van der Waals surface area contributed by atoms with Crippen LogP contribution in [0.25, 0.3) is 5.57 Å². The molecule has 0 aliphatic carbocycles. The highest BCUT2D eigenvalue weighted by Gasteiger charge is 2.29. The first-order valence-corrected chi connectivity index (χ1v) is 4.99. The van der Waals surface area contributed by atoms with Gasteiger partial charge in [0.25, 0.3) is 0 Å². The second-order valence-corrected chi connectivity index (χ2v) is 4.36. The summed E-state index contributed by atoms with van der Waals surface area (Å²) in [5.41, 5.74) is 3.72. The number of para-hydroxylation sites is 1. The lowest BCUT2D eigenvalue weighted by molar-refractivity contribution is 0.144. The molecule has 0 aromatic heterocycles. The molecule has 1 aliphatic rings. The topological polar surface area (TPSA) is 9.23 Å². The number of hydrogen-bond donors (Lipinski definition) is 0. The average Bonchev–Trinajstić information content (AvgIpc) is 2.14. The van der Waals surface area contributed by atoms with E-state index in [9.17, 15) is 0 Å². The minimum atomic E-state index is -0.168. The van der Waals surface area contributed by atoms with Crippen molar-refractivity contribution in [2.24, 2.45) is 0 Å². The molecule has 0 N–H and O–H groups in total. The standard InChI is InChI=1S/C13H16O/c1-9-10(2)13(3,4)14-12-8-6-5-7-11(9)12/h5-8H,1-4H3. The molecule has 0 atom stereocenters. The zero-order valence-electron chi connectivity index (χ0n) is 9.22. The fraction of sp³-hybridized carbons (Fsp3) is 0.385. The Morgan fingerprint density at radius 3 is 2.43 bits per heavy atom. The first kappa shape index (κ1) is 9.32. The SMILES string of the molecule is CC1=C(C)C(C)(C)Oc2ccccc21. The number of benzene rings is 1. The van der Waals surface area contributed by atoms with Gasteiger partial charge in [-0.2, -0.15) is 0 Å². The van der Waals surface area contributed by atoms with Gasteiger partial charge in [0.1, 0.15) is 11.4 Å². The third-order valence-electron chi connectivity index (χ3n) is 3.12. The van der Waals surface area contributed by atoms with Gasteiger partial charge in [0, 0.05) is 5.56 Å². The maximum Gasteiger partial charge on any atom is 0.128 e. The van der Waals surface area contributed by atoms with Gasteiger partial charge in [-0.3, -0.25) is 0 Å². The highest BCUT2D eigenvalue weighted by atomic mass is 16.5. The normalized spacial score (nSPS) is 18.9. The fourth-order valence-corrected chi connectivity index (χ4v) is 1.87. The minimum Gasteiger partial charge on any atom is -0.483 e. The van der Waals surface area contributed by atoms with Gasteiger partial charge in [0.2, 0.25) is 0 Å². The van der Waals surface area contributed by atoms with E-state index in [0.717, 1.165) is 5.75 Å². The van der Waals surface area contributed by atoms with Gasteiger partial charge in [-0.25, -0.2) is 0 Å². The van der Waals surface area contributed by atoms with Crippen molar-refractivity contribution in [3.05, 3.63) is 35.4 Å². The van der Waals surface area contributed by atoms with Crippen LogP contribution in [0.15, 0.2) is 29.8 Å². The summed E-state index contributed by atoms with van der Waals surface area (Å²) in [7, 11) is 0. The summed E-state index contributed by atoms with van der Waals surface area (Å²) in [6.45, 7) is 8.53. The molecule has 74 valence electrons. The molecule has 0 saturated heterocycles. The molecular formula is C13H16O. The maximum absolute atomic E-state index is 5.94. The number of fused-ring (bicyclic) bond motifs is 1. The van der Waals surface area contributed by atoms with Gasteiger partial charge in [-0.05, 0) is 44.9 Å². The third-order valence-corrected chi connectivity index (χ3v) is 3.12. The largest absolute Gasteiger partial charge is 0.483 e. The van der Waals surface area contributed by atoms with E-state index in [2.05, 4.69) is 39.8 Å². The van der Waals surface area contributed by atoms with E-state index in [-0.39, 0.29) is 5.60 Å². The fourth-order valence-electron chi connectivity index (χ4n) is 1.87.